The van der Waals surface area contributed by atoms with Crippen LogP contribution in [0.25, 0.3) is 0 Å². The van der Waals surface area contributed by atoms with Gasteiger partial charge in [0, 0.05) is 6.04 Å². The van der Waals surface area contributed by atoms with Gasteiger partial charge in [-0.15, -0.1) is 11.3 Å². The molecular weight excluding hydrogens is 300 g/mol. The lowest BCUT2D eigenvalue weighted by Gasteiger charge is -2.23. The number of hydrogen-bond acceptors (Lipinski definition) is 6. The molecule has 1 fully saturated rings. The molecule has 0 radical (unpaired) electrons. The zero-order valence-electron chi connectivity index (χ0n) is 11.4. The molecule has 0 atom stereocenters. The number of carbonyl (C=O) groups is 1. The van der Waals surface area contributed by atoms with Gasteiger partial charge in [-0.05, 0) is 44.5 Å². The molecule has 0 aliphatic carbocycles. The average Bonchev–Trinajstić information content (AvgIpc) is 2.81. The maximum absolute atomic E-state index is 12.4. The van der Waals surface area contributed by atoms with Gasteiger partial charge in [0.2, 0.25) is 0 Å². The van der Waals surface area contributed by atoms with Gasteiger partial charge in [-0.3, -0.25) is 0 Å². The summed E-state index contributed by atoms with van der Waals surface area (Å²) in [6.45, 7) is 3.30. The van der Waals surface area contributed by atoms with Crippen LogP contribution in [-0.2, 0) is 14.8 Å². The fraction of sp³-hybridized carbons (Fsp3) is 0.583. The van der Waals surface area contributed by atoms with Crippen molar-refractivity contribution in [3.63, 3.8) is 0 Å². The molecule has 0 spiro atoms. The summed E-state index contributed by atoms with van der Waals surface area (Å²) in [5.74, 6) is -0.513. The summed E-state index contributed by atoms with van der Waals surface area (Å²) in [6, 6.07) is 1.50. The van der Waals surface area contributed by atoms with E-state index in [2.05, 4.69) is 14.8 Å². The van der Waals surface area contributed by atoms with Crippen LogP contribution in [0.5, 0.6) is 0 Å². The maximum atomic E-state index is 12.4. The molecule has 2 heterocycles. The maximum Gasteiger partial charge on any atom is 0.348 e. The van der Waals surface area contributed by atoms with Crippen LogP contribution in [0.15, 0.2) is 10.3 Å². The van der Waals surface area contributed by atoms with Crippen LogP contribution in [-0.4, -0.2) is 40.6 Å². The van der Waals surface area contributed by atoms with Crippen molar-refractivity contribution in [2.24, 2.45) is 0 Å². The number of methoxy groups -OCH3 is 1. The number of sulfonamides is 1. The van der Waals surface area contributed by atoms with E-state index in [9.17, 15) is 13.2 Å². The van der Waals surface area contributed by atoms with Crippen molar-refractivity contribution in [2.75, 3.05) is 20.2 Å². The van der Waals surface area contributed by atoms with Crippen molar-refractivity contribution >= 4 is 27.3 Å². The first kappa shape index (κ1) is 15.4. The van der Waals surface area contributed by atoms with E-state index in [1.807, 2.05) is 0 Å². The first-order chi connectivity index (χ1) is 9.44. The highest BCUT2D eigenvalue weighted by Gasteiger charge is 2.26. The Kier molecular flexibility index (Phi) is 4.79. The van der Waals surface area contributed by atoms with Crippen LogP contribution in [0.3, 0.4) is 0 Å². The van der Waals surface area contributed by atoms with Crippen molar-refractivity contribution in [1.82, 2.24) is 10.0 Å². The van der Waals surface area contributed by atoms with Crippen LogP contribution in [0.4, 0.5) is 0 Å². The zero-order valence-corrected chi connectivity index (χ0v) is 13.1. The first-order valence-electron chi connectivity index (χ1n) is 6.36. The minimum absolute atomic E-state index is 0.0515. The molecule has 0 bridgehead atoms. The molecular formula is C12H18N2O4S2. The number of esters is 1. The molecule has 8 heteroatoms. The predicted octanol–water partition coefficient (Wildman–Crippen LogP) is 0.873. The van der Waals surface area contributed by atoms with Crippen LogP contribution < -0.4 is 10.0 Å². The Labute approximate surface area is 122 Å². The van der Waals surface area contributed by atoms with E-state index < -0.39 is 16.0 Å². The summed E-state index contributed by atoms with van der Waals surface area (Å²) in [5.41, 5.74) is 0.567. The van der Waals surface area contributed by atoms with E-state index in [-0.39, 0.29) is 10.3 Å². The zero-order chi connectivity index (χ0) is 14.8. The van der Waals surface area contributed by atoms with Gasteiger partial charge in [-0.1, -0.05) is 0 Å². The number of piperidine rings is 1. The van der Waals surface area contributed by atoms with Crippen LogP contribution in [0, 0.1) is 6.92 Å². The van der Waals surface area contributed by atoms with Crippen molar-refractivity contribution < 1.29 is 17.9 Å². The summed E-state index contributed by atoms with van der Waals surface area (Å²) < 4.78 is 32.3. The monoisotopic (exact) mass is 318 g/mol. The lowest BCUT2D eigenvalue weighted by Crippen LogP contribution is -2.42. The second-order valence-corrected chi connectivity index (χ2v) is 7.68. The van der Waals surface area contributed by atoms with E-state index in [1.165, 1.54) is 7.11 Å². The second-order valence-electron chi connectivity index (χ2n) is 4.72. The number of ether oxygens (including phenoxy) is 1. The summed E-state index contributed by atoms with van der Waals surface area (Å²) >= 11 is 0.947. The molecule has 0 unspecified atom stereocenters. The Bertz CT molecular complexity index is 589. The van der Waals surface area contributed by atoms with Gasteiger partial charge in [0.25, 0.3) is 10.0 Å². The SMILES string of the molecule is COC(=O)c1cc(C)c(S(=O)(=O)NC2CCNCC2)s1. The quantitative estimate of drug-likeness (QED) is 0.805. The largest absolute Gasteiger partial charge is 0.465 e. The van der Waals surface area contributed by atoms with Crippen molar-refractivity contribution in [1.29, 1.82) is 0 Å². The predicted molar refractivity (Wildman–Crippen MR) is 76.6 cm³/mol. The molecule has 1 aromatic heterocycles. The highest BCUT2D eigenvalue weighted by atomic mass is 32.2. The standard InChI is InChI=1S/C12H18N2O4S2/c1-8-7-10(11(15)18-2)19-12(8)20(16,17)14-9-3-5-13-6-4-9/h7,9,13-14H,3-6H2,1-2H3. The van der Waals surface area contributed by atoms with Crippen molar-refractivity contribution in [3.8, 4) is 0 Å². The van der Waals surface area contributed by atoms with E-state index in [0.717, 1.165) is 37.3 Å². The summed E-state index contributed by atoms with van der Waals surface area (Å²) in [6.07, 6.45) is 1.54. The van der Waals surface area contributed by atoms with Gasteiger partial charge in [-0.2, -0.15) is 0 Å². The number of carbonyl (C=O) groups excluding carboxylic acids is 1. The number of rotatable bonds is 4. The smallest absolute Gasteiger partial charge is 0.348 e. The summed E-state index contributed by atoms with van der Waals surface area (Å²) in [4.78, 5) is 11.8. The lowest BCUT2D eigenvalue weighted by molar-refractivity contribution is 0.0606. The Hall–Kier alpha value is -0.960. The van der Waals surface area contributed by atoms with Crippen molar-refractivity contribution in [3.05, 3.63) is 16.5 Å². The molecule has 2 rings (SSSR count). The molecule has 112 valence electrons. The number of aryl methyl sites for hydroxylation is 1. The fourth-order valence-electron chi connectivity index (χ4n) is 2.15. The van der Waals surface area contributed by atoms with Gasteiger partial charge >= 0.3 is 5.97 Å². The summed E-state index contributed by atoms with van der Waals surface area (Å²) in [5, 5.41) is 3.18. The molecule has 20 heavy (non-hydrogen) atoms. The Morgan fingerprint density at radius 2 is 2.10 bits per heavy atom. The van der Waals surface area contributed by atoms with E-state index in [4.69, 9.17) is 0 Å². The highest BCUT2D eigenvalue weighted by molar-refractivity contribution is 7.91. The number of thiophene rings is 1. The fourth-order valence-corrected chi connectivity index (χ4v) is 5.08. The Morgan fingerprint density at radius 1 is 1.45 bits per heavy atom. The molecule has 1 aromatic rings. The molecule has 0 amide bonds. The molecule has 1 aliphatic heterocycles. The van der Waals surface area contributed by atoms with E-state index >= 15 is 0 Å². The van der Waals surface area contributed by atoms with Crippen LogP contribution in [0.2, 0.25) is 0 Å². The van der Waals surface area contributed by atoms with Gasteiger partial charge in [0.1, 0.15) is 9.09 Å². The van der Waals surface area contributed by atoms with E-state index in [1.54, 1.807) is 13.0 Å². The average molecular weight is 318 g/mol. The molecule has 0 aromatic carbocycles. The minimum Gasteiger partial charge on any atom is -0.465 e. The normalized spacial score (nSPS) is 17.1. The summed E-state index contributed by atoms with van der Waals surface area (Å²) in [7, 11) is -2.30. The van der Waals surface area contributed by atoms with Crippen molar-refractivity contribution in [2.45, 2.75) is 30.0 Å². The molecule has 1 saturated heterocycles. The number of nitrogens with one attached hydrogen (secondary N) is 2. The van der Waals surface area contributed by atoms with E-state index in [0.29, 0.717) is 10.4 Å². The third kappa shape index (κ3) is 3.38. The molecule has 1 aliphatic rings. The van der Waals surface area contributed by atoms with Gasteiger partial charge in [-0.25, -0.2) is 17.9 Å². The third-order valence-electron chi connectivity index (χ3n) is 3.16. The number of hydrogen-bond donors (Lipinski definition) is 2. The van der Waals surface area contributed by atoms with Gasteiger partial charge in [0.15, 0.2) is 0 Å². The minimum atomic E-state index is -3.58. The Morgan fingerprint density at radius 3 is 2.70 bits per heavy atom. The molecule has 2 N–H and O–H groups in total. The molecule has 0 saturated carbocycles. The highest BCUT2D eigenvalue weighted by Crippen LogP contribution is 2.27. The molecule has 6 nitrogen and oxygen atoms in total. The van der Waals surface area contributed by atoms with Gasteiger partial charge in [0.05, 0.1) is 7.11 Å². The first-order valence-corrected chi connectivity index (χ1v) is 8.66. The van der Waals surface area contributed by atoms with Crippen LogP contribution in [0.1, 0.15) is 28.1 Å². The second kappa shape index (κ2) is 6.21. The topological polar surface area (TPSA) is 84.5 Å². The van der Waals surface area contributed by atoms with Crippen LogP contribution >= 0.6 is 11.3 Å². The third-order valence-corrected chi connectivity index (χ3v) is 6.54. The Balaban J connectivity index is 2.20. The van der Waals surface area contributed by atoms with Gasteiger partial charge < -0.3 is 10.1 Å². The lowest BCUT2D eigenvalue weighted by atomic mass is 10.1.